The average Bonchev–Trinajstić information content (AvgIpc) is 3.45. The third kappa shape index (κ3) is 3.78. The predicted molar refractivity (Wildman–Crippen MR) is 129 cm³/mol. The number of aromatic amines is 1. The fourth-order valence-electron chi connectivity index (χ4n) is 3.65. The second-order valence-corrected chi connectivity index (χ2v) is 8.37. The highest BCUT2D eigenvalue weighted by atomic mass is 32.2. The number of hydrogen-bond donors (Lipinski definition) is 2. The molecule has 0 atom stereocenters. The van der Waals surface area contributed by atoms with Gasteiger partial charge in [0.1, 0.15) is 0 Å². The number of oxime groups is 1. The van der Waals surface area contributed by atoms with Gasteiger partial charge in [-0.05, 0) is 25.1 Å². The quantitative estimate of drug-likeness (QED) is 0.154. The van der Waals surface area contributed by atoms with Gasteiger partial charge in [-0.2, -0.15) is 0 Å². The van der Waals surface area contributed by atoms with E-state index in [1.54, 1.807) is 0 Å². The van der Waals surface area contributed by atoms with Gasteiger partial charge in [0.2, 0.25) is 0 Å². The summed E-state index contributed by atoms with van der Waals surface area (Å²) in [7, 11) is 0. The Bertz CT molecular complexity index is 1390. The molecule has 0 aliphatic carbocycles. The Labute approximate surface area is 189 Å². The van der Waals surface area contributed by atoms with E-state index in [0.29, 0.717) is 11.5 Å². The monoisotopic (exact) mass is 439 g/mol. The number of aryl methyl sites for hydroxylation is 1. The first-order chi connectivity index (χ1) is 15.7. The molecule has 0 aliphatic rings. The molecule has 5 aromatic rings. The zero-order valence-corrected chi connectivity index (χ0v) is 18.3. The first-order valence-corrected chi connectivity index (χ1v) is 11.2. The van der Waals surface area contributed by atoms with Crippen LogP contribution in [0.2, 0.25) is 0 Å². The molecule has 0 saturated carbocycles. The Morgan fingerprint density at radius 3 is 2.50 bits per heavy atom. The minimum absolute atomic E-state index is 0.457. The normalized spacial score (nSPS) is 11.8. The summed E-state index contributed by atoms with van der Waals surface area (Å²) in [5.41, 5.74) is 5.63. The van der Waals surface area contributed by atoms with Crippen molar-refractivity contribution in [3.05, 3.63) is 96.2 Å². The molecule has 6 nitrogen and oxygen atoms in total. The van der Waals surface area contributed by atoms with E-state index in [9.17, 15) is 5.21 Å². The zero-order chi connectivity index (χ0) is 21.9. The van der Waals surface area contributed by atoms with Crippen LogP contribution in [0.4, 0.5) is 0 Å². The molecule has 3 aromatic carbocycles. The number of fused-ring (bicyclic) bond motifs is 1. The Balaban J connectivity index is 1.54. The number of para-hydroxylation sites is 2. The van der Waals surface area contributed by atoms with Crippen molar-refractivity contribution in [2.45, 2.75) is 12.1 Å². The molecule has 0 spiro atoms. The molecule has 2 heterocycles. The number of rotatable bonds is 6. The molecule has 0 unspecified atom stereocenters. The van der Waals surface area contributed by atoms with E-state index >= 15 is 0 Å². The van der Waals surface area contributed by atoms with E-state index < -0.39 is 0 Å². The van der Waals surface area contributed by atoms with Gasteiger partial charge >= 0.3 is 0 Å². The topological polar surface area (TPSA) is 79.1 Å². The second kappa shape index (κ2) is 8.72. The first kappa shape index (κ1) is 20.1. The Morgan fingerprint density at radius 1 is 0.969 bits per heavy atom. The summed E-state index contributed by atoms with van der Waals surface area (Å²) in [5.74, 6) is 1.22. The van der Waals surface area contributed by atoms with Crippen LogP contribution in [0, 0.1) is 6.92 Å². The van der Waals surface area contributed by atoms with Crippen LogP contribution in [0.15, 0.2) is 95.4 Å². The van der Waals surface area contributed by atoms with Gasteiger partial charge in [-0.3, -0.25) is 4.57 Å². The number of benzene rings is 3. The molecule has 7 heteroatoms. The van der Waals surface area contributed by atoms with Crippen LogP contribution in [-0.2, 0) is 0 Å². The SMILES string of the molecule is Cc1ccc(/C(CSc2nnc(-c3c[nH]c4ccccc34)n2-c2ccccc2)=N/O)cc1. The summed E-state index contributed by atoms with van der Waals surface area (Å²) >= 11 is 1.49. The van der Waals surface area contributed by atoms with Gasteiger partial charge in [-0.25, -0.2) is 0 Å². The summed E-state index contributed by atoms with van der Waals surface area (Å²) in [4.78, 5) is 3.32. The largest absolute Gasteiger partial charge is 0.411 e. The number of thioether (sulfide) groups is 1. The standard InChI is InChI=1S/C25H21N5OS/c1-17-11-13-18(14-12-17)23(29-31)16-32-25-28-27-24(30(25)19-7-3-2-4-8-19)21-15-26-22-10-6-5-9-20(21)22/h2-15,26,31H,16H2,1H3/b29-23+. The van der Waals surface area contributed by atoms with Gasteiger partial charge in [0.25, 0.3) is 0 Å². The third-order valence-corrected chi connectivity index (χ3v) is 6.26. The van der Waals surface area contributed by atoms with Crippen molar-refractivity contribution in [2.24, 2.45) is 5.16 Å². The highest BCUT2D eigenvalue weighted by Gasteiger charge is 2.19. The van der Waals surface area contributed by atoms with Crippen LogP contribution in [-0.4, -0.2) is 36.4 Å². The van der Waals surface area contributed by atoms with Crippen LogP contribution >= 0.6 is 11.8 Å². The van der Waals surface area contributed by atoms with Gasteiger partial charge in [0, 0.05) is 39.7 Å². The molecule has 0 fully saturated rings. The molecule has 158 valence electrons. The van der Waals surface area contributed by atoms with Gasteiger partial charge in [-0.1, -0.05) is 83.1 Å². The Morgan fingerprint density at radius 2 is 1.72 bits per heavy atom. The average molecular weight is 440 g/mol. The lowest BCUT2D eigenvalue weighted by Crippen LogP contribution is -2.06. The Kier molecular flexibility index (Phi) is 5.47. The molecule has 32 heavy (non-hydrogen) atoms. The fourth-order valence-corrected chi connectivity index (χ4v) is 4.56. The van der Waals surface area contributed by atoms with Crippen molar-refractivity contribution in [2.75, 3.05) is 5.75 Å². The highest BCUT2D eigenvalue weighted by molar-refractivity contribution is 7.99. The van der Waals surface area contributed by atoms with Crippen molar-refractivity contribution in [1.29, 1.82) is 0 Å². The maximum absolute atomic E-state index is 9.61. The molecular weight excluding hydrogens is 418 g/mol. The second-order valence-electron chi connectivity index (χ2n) is 7.43. The maximum Gasteiger partial charge on any atom is 0.196 e. The van der Waals surface area contributed by atoms with E-state index in [0.717, 1.165) is 44.3 Å². The zero-order valence-electron chi connectivity index (χ0n) is 17.4. The first-order valence-electron chi connectivity index (χ1n) is 10.2. The van der Waals surface area contributed by atoms with Crippen LogP contribution in [0.25, 0.3) is 28.0 Å². The minimum Gasteiger partial charge on any atom is -0.411 e. The molecule has 0 saturated heterocycles. The van der Waals surface area contributed by atoms with Crippen LogP contribution in [0.3, 0.4) is 0 Å². The molecular formula is C25H21N5OS. The van der Waals surface area contributed by atoms with E-state index in [-0.39, 0.29) is 0 Å². The highest BCUT2D eigenvalue weighted by Crippen LogP contribution is 2.32. The lowest BCUT2D eigenvalue weighted by atomic mass is 10.1. The molecule has 0 amide bonds. The van der Waals surface area contributed by atoms with E-state index in [1.165, 1.54) is 11.8 Å². The fraction of sp³-hybridized carbons (Fsp3) is 0.0800. The maximum atomic E-state index is 9.61. The van der Waals surface area contributed by atoms with E-state index in [4.69, 9.17) is 0 Å². The predicted octanol–water partition coefficient (Wildman–Crippen LogP) is 5.69. The summed E-state index contributed by atoms with van der Waals surface area (Å²) in [5, 5.41) is 24.0. The lowest BCUT2D eigenvalue weighted by Gasteiger charge is -2.10. The molecule has 5 rings (SSSR count). The summed E-state index contributed by atoms with van der Waals surface area (Å²) < 4.78 is 2.05. The van der Waals surface area contributed by atoms with Crippen molar-refractivity contribution in [3.8, 4) is 17.1 Å². The Hall–Kier alpha value is -3.84. The summed E-state index contributed by atoms with van der Waals surface area (Å²) in [6.45, 7) is 2.03. The molecule has 2 aromatic heterocycles. The van der Waals surface area contributed by atoms with Crippen molar-refractivity contribution < 1.29 is 5.21 Å². The van der Waals surface area contributed by atoms with Crippen LogP contribution in [0.5, 0.6) is 0 Å². The number of hydrogen-bond acceptors (Lipinski definition) is 5. The number of nitrogens with one attached hydrogen (secondary N) is 1. The third-order valence-electron chi connectivity index (χ3n) is 5.32. The summed E-state index contributed by atoms with van der Waals surface area (Å²) in [6, 6.07) is 26.1. The van der Waals surface area contributed by atoms with Gasteiger partial charge in [0.15, 0.2) is 11.0 Å². The van der Waals surface area contributed by atoms with Crippen molar-refractivity contribution in [1.82, 2.24) is 19.7 Å². The van der Waals surface area contributed by atoms with Gasteiger partial charge in [-0.15, -0.1) is 10.2 Å². The number of aromatic nitrogens is 4. The van der Waals surface area contributed by atoms with Crippen molar-refractivity contribution >= 4 is 28.4 Å². The smallest absolute Gasteiger partial charge is 0.196 e. The van der Waals surface area contributed by atoms with Crippen LogP contribution in [0.1, 0.15) is 11.1 Å². The molecule has 0 bridgehead atoms. The summed E-state index contributed by atoms with van der Waals surface area (Å²) in [6.07, 6.45) is 1.97. The number of nitrogens with zero attached hydrogens (tertiary/aromatic N) is 4. The van der Waals surface area contributed by atoms with Gasteiger partial charge < -0.3 is 10.2 Å². The van der Waals surface area contributed by atoms with Crippen molar-refractivity contribution in [3.63, 3.8) is 0 Å². The van der Waals surface area contributed by atoms with E-state index in [1.807, 2.05) is 90.5 Å². The molecule has 0 aliphatic heterocycles. The number of H-pyrrole nitrogens is 1. The molecule has 2 N–H and O–H groups in total. The lowest BCUT2D eigenvalue weighted by molar-refractivity contribution is 0.319. The molecule has 0 radical (unpaired) electrons. The van der Waals surface area contributed by atoms with Gasteiger partial charge in [0.05, 0.1) is 5.71 Å². The minimum atomic E-state index is 0.457. The van der Waals surface area contributed by atoms with Crippen LogP contribution < -0.4 is 0 Å². The van der Waals surface area contributed by atoms with E-state index in [2.05, 4.69) is 26.4 Å².